The van der Waals surface area contributed by atoms with Crippen molar-refractivity contribution in [3.63, 3.8) is 0 Å². The number of unbranched alkanes of at least 4 members (excludes halogenated alkanes) is 50. The van der Waals surface area contributed by atoms with Crippen molar-refractivity contribution in [1.29, 1.82) is 0 Å². The Labute approximate surface area is 482 Å². The number of aliphatic hydroxyl groups is 3. The van der Waals surface area contributed by atoms with E-state index in [0.717, 1.165) is 38.5 Å². The first-order chi connectivity index (χ1) is 38.0. The molecule has 0 aromatic heterocycles. The summed E-state index contributed by atoms with van der Waals surface area (Å²) in [5, 5.41) is 33.6. The highest BCUT2D eigenvalue weighted by molar-refractivity contribution is 5.76. The van der Waals surface area contributed by atoms with Gasteiger partial charge < -0.3 is 20.6 Å². The number of amides is 1. The molecule has 3 atom stereocenters. The summed E-state index contributed by atoms with van der Waals surface area (Å²) in [6, 6.07) is -0.764. The van der Waals surface area contributed by atoms with Gasteiger partial charge in [0, 0.05) is 0 Å². The first-order valence-electron chi connectivity index (χ1n) is 34.9. The van der Waals surface area contributed by atoms with Crippen molar-refractivity contribution < 1.29 is 20.1 Å². The van der Waals surface area contributed by atoms with Crippen LogP contribution in [0.2, 0.25) is 0 Å². The van der Waals surface area contributed by atoms with Crippen LogP contribution in [0.15, 0.2) is 48.6 Å². The van der Waals surface area contributed by atoms with Crippen molar-refractivity contribution in [2.45, 2.75) is 398 Å². The van der Waals surface area contributed by atoms with E-state index in [9.17, 15) is 20.1 Å². The Morgan fingerprint density at radius 1 is 0.338 bits per heavy atom. The molecule has 0 heterocycles. The third-order valence-corrected chi connectivity index (χ3v) is 16.3. The van der Waals surface area contributed by atoms with Crippen molar-refractivity contribution in [1.82, 2.24) is 5.32 Å². The lowest BCUT2D eigenvalue weighted by Gasteiger charge is -2.21. The van der Waals surface area contributed by atoms with E-state index in [-0.39, 0.29) is 18.9 Å². The molecule has 0 aromatic rings. The molecule has 0 saturated carbocycles. The highest BCUT2D eigenvalue weighted by Gasteiger charge is 2.20. The molecule has 3 unspecified atom stereocenters. The number of aliphatic hydroxyl groups excluding tert-OH is 3. The lowest BCUT2D eigenvalue weighted by molar-refractivity contribution is -0.124. The van der Waals surface area contributed by atoms with Gasteiger partial charge in [0.25, 0.3) is 0 Å². The average molecular weight is 1080 g/mol. The molecule has 4 N–H and O–H groups in total. The van der Waals surface area contributed by atoms with E-state index in [1.54, 1.807) is 6.08 Å². The Bertz CT molecular complexity index is 1240. The first-order valence-corrected chi connectivity index (χ1v) is 34.9. The minimum atomic E-state index is -0.955. The highest BCUT2D eigenvalue weighted by Crippen LogP contribution is 2.19. The summed E-state index contributed by atoms with van der Waals surface area (Å²) in [5.74, 6) is -0.320. The van der Waals surface area contributed by atoms with E-state index in [4.69, 9.17) is 0 Å². The van der Waals surface area contributed by atoms with Gasteiger partial charge in [-0.1, -0.05) is 358 Å². The monoisotopic (exact) mass is 1080 g/mol. The maximum absolute atomic E-state index is 12.6. The first kappa shape index (κ1) is 75.3. The zero-order valence-electron chi connectivity index (χ0n) is 52.1. The Hall–Kier alpha value is -1.69. The number of carbonyl (C=O) groups excluding carboxylic acids is 1. The average Bonchev–Trinajstić information content (AvgIpc) is 3.43. The van der Waals surface area contributed by atoms with Crippen LogP contribution < -0.4 is 5.32 Å². The quantitative estimate of drug-likeness (QED) is 0.0361. The maximum atomic E-state index is 12.6. The minimum absolute atomic E-state index is 0.00665. The molecule has 0 rings (SSSR count). The van der Waals surface area contributed by atoms with Gasteiger partial charge in [-0.05, 0) is 64.2 Å². The van der Waals surface area contributed by atoms with Crippen LogP contribution in [-0.4, -0.2) is 46.1 Å². The molecule has 0 bridgehead atoms. The molecule has 0 aliphatic rings. The molecule has 0 spiro atoms. The van der Waals surface area contributed by atoms with Crippen LogP contribution in [0.25, 0.3) is 0 Å². The lowest BCUT2D eigenvalue weighted by atomic mass is 10.0. The van der Waals surface area contributed by atoms with Gasteiger partial charge in [0.05, 0.1) is 31.3 Å². The van der Waals surface area contributed by atoms with Crippen molar-refractivity contribution >= 4 is 5.91 Å². The van der Waals surface area contributed by atoms with Gasteiger partial charge in [0.2, 0.25) is 5.91 Å². The van der Waals surface area contributed by atoms with Crippen LogP contribution >= 0.6 is 0 Å². The fraction of sp³-hybridized carbons (Fsp3) is 0.875. The standard InChI is InChI=1S/C72H137NO4/c1-3-5-7-9-11-13-15-17-19-21-23-25-27-29-30-31-32-33-34-35-36-37-38-39-40-42-43-45-47-49-51-53-55-57-59-61-63-65-69(75)67-72(77)73-70(68-74)71(76)66-64-62-60-58-56-54-52-50-48-46-44-41-28-26-24-22-20-18-16-14-12-10-8-6-4-2/h32-33,35-36,56,58,64,66,69-71,74-76H,3-31,34,37-55,57,59-63,65,67-68H2,1-2H3,(H,73,77)/b33-32-,36-35-,58-56+,66-64+. The van der Waals surface area contributed by atoms with Gasteiger partial charge in [-0.2, -0.15) is 0 Å². The van der Waals surface area contributed by atoms with Crippen LogP contribution in [-0.2, 0) is 4.79 Å². The number of allylic oxidation sites excluding steroid dienone is 7. The molecule has 5 nitrogen and oxygen atoms in total. The third-order valence-electron chi connectivity index (χ3n) is 16.3. The zero-order chi connectivity index (χ0) is 55.7. The van der Waals surface area contributed by atoms with Crippen LogP contribution in [0.3, 0.4) is 0 Å². The summed E-state index contributed by atoms with van der Waals surface area (Å²) in [4.78, 5) is 12.6. The van der Waals surface area contributed by atoms with Gasteiger partial charge in [-0.3, -0.25) is 4.79 Å². The van der Waals surface area contributed by atoms with Crippen molar-refractivity contribution in [2.75, 3.05) is 6.61 Å². The molecule has 0 aliphatic carbocycles. The molecule has 0 saturated heterocycles. The number of nitrogens with one attached hydrogen (secondary N) is 1. The topological polar surface area (TPSA) is 89.8 Å². The second-order valence-corrected chi connectivity index (χ2v) is 24.1. The summed E-state index contributed by atoms with van der Waals surface area (Å²) in [6.45, 7) is 4.25. The van der Waals surface area contributed by atoms with Crippen LogP contribution in [0.5, 0.6) is 0 Å². The molecule has 0 aromatic carbocycles. The molecule has 0 aliphatic heterocycles. The normalized spacial score (nSPS) is 13.4. The molecular formula is C72H137NO4. The van der Waals surface area contributed by atoms with E-state index >= 15 is 0 Å². The van der Waals surface area contributed by atoms with E-state index in [2.05, 4.69) is 55.6 Å². The number of carbonyl (C=O) groups is 1. The molecule has 0 fully saturated rings. The van der Waals surface area contributed by atoms with E-state index < -0.39 is 18.2 Å². The van der Waals surface area contributed by atoms with Gasteiger partial charge in [0.15, 0.2) is 0 Å². The predicted octanol–water partition coefficient (Wildman–Crippen LogP) is 22.7. The van der Waals surface area contributed by atoms with Crippen LogP contribution in [0.4, 0.5) is 0 Å². The number of hydrogen-bond donors (Lipinski definition) is 4. The summed E-state index contributed by atoms with van der Waals surface area (Å²) in [6.07, 6.45) is 90.8. The fourth-order valence-electron chi connectivity index (χ4n) is 11.0. The van der Waals surface area contributed by atoms with Gasteiger partial charge in [-0.15, -0.1) is 0 Å². The molecule has 1 amide bonds. The van der Waals surface area contributed by atoms with Crippen molar-refractivity contribution in [3.8, 4) is 0 Å². The zero-order valence-corrected chi connectivity index (χ0v) is 52.1. The highest BCUT2D eigenvalue weighted by atomic mass is 16.3. The Morgan fingerprint density at radius 3 is 0.909 bits per heavy atom. The second-order valence-electron chi connectivity index (χ2n) is 24.1. The smallest absolute Gasteiger partial charge is 0.222 e. The molecule has 77 heavy (non-hydrogen) atoms. The maximum Gasteiger partial charge on any atom is 0.222 e. The Kier molecular flexibility index (Phi) is 65.4. The minimum Gasteiger partial charge on any atom is -0.394 e. The molecule has 0 radical (unpaired) electrons. The largest absolute Gasteiger partial charge is 0.394 e. The van der Waals surface area contributed by atoms with Crippen molar-refractivity contribution in [2.24, 2.45) is 0 Å². The number of rotatable bonds is 65. The van der Waals surface area contributed by atoms with Crippen LogP contribution in [0.1, 0.15) is 380 Å². The summed E-state index contributed by atoms with van der Waals surface area (Å²) < 4.78 is 0. The summed E-state index contributed by atoms with van der Waals surface area (Å²) in [5.41, 5.74) is 0. The number of hydrogen-bond acceptors (Lipinski definition) is 4. The Balaban J connectivity index is 3.52. The second kappa shape index (κ2) is 66.8. The van der Waals surface area contributed by atoms with Gasteiger partial charge in [0.1, 0.15) is 0 Å². The van der Waals surface area contributed by atoms with Gasteiger partial charge >= 0.3 is 0 Å². The van der Waals surface area contributed by atoms with Crippen LogP contribution in [0, 0.1) is 0 Å². The molecular weight excluding hydrogens is 943 g/mol. The third kappa shape index (κ3) is 63.4. The molecule has 454 valence electrons. The van der Waals surface area contributed by atoms with Gasteiger partial charge in [-0.25, -0.2) is 0 Å². The molecule has 5 heteroatoms. The van der Waals surface area contributed by atoms with E-state index in [0.29, 0.717) is 6.42 Å². The Morgan fingerprint density at radius 2 is 0.597 bits per heavy atom. The van der Waals surface area contributed by atoms with E-state index in [1.807, 2.05) is 6.08 Å². The SMILES string of the molecule is CCCCCCCCCCCCCCCCC/C=C\C/C=C\CCCCCCCCCCCCCCCCCC(O)CC(=O)NC(CO)C(O)/C=C/CC/C=C/CCCCCCCCCCCCCCCCCCCCC. The fourth-order valence-corrected chi connectivity index (χ4v) is 11.0. The lowest BCUT2D eigenvalue weighted by Crippen LogP contribution is -2.45. The summed E-state index contributed by atoms with van der Waals surface area (Å²) >= 11 is 0. The summed E-state index contributed by atoms with van der Waals surface area (Å²) in [7, 11) is 0. The van der Waals surface area contributed by atoms with E-state index in [1.165, 1.54) is 315 Å². The predicted molar refractivity (Wildman–Crippen MR) is 342 cm³/mol. The van der Waals surface area contributed by atoms with Crippen molar-refractivity contribution in [3.05, 3.63) is 48.6 Å².